The highest BCUT2D eigenvalue weighted by atomic mass is 32.2. The third kappa shape index (κ3) is 3.63. The summed E-state index contributed by atoms with van der Waals surface area (Å²) in [4.78, 5) is 15.7. The predicted octanol–water partition coefficient (Wildman–Crippen LogP) is 4.70. The number of carbonyl (C=O) groups is 1. The average molecular weight is 368 g/mol. The quantitative estimate of drug-likeness (QED) is 0.610. The van der Waals surface area contributed by atoms with E-state index in [0.717, 1.165) is 53.0 Å². The first-order chi connectivity index (χ1) is 12.7. The number of halogens is 1. The van der Waals surface area contributed by atoms with E-state index >= 15 is 0 Å². The van der Waals surface area contributed by atoms with E-state index < -0.39 is 0 Å². The van der Waals surface area contributed by atoms with E-state index in [4.69, 9.17) is 0 Å². The van der Waals surface area contributed by atoms with Gasteiger partial charge in [-0.1, -0.05) is 30.3 Å². The van der Waals surface area contributed by atoms with Gasteiger partial charge in [0, 0.05) is 40.8 Å². The lowest BCUT2D eigenvalue weighted by atomic mass is 10.2. The topological polar surface area (TPSA) is 25.2 Å². The number of thioether (sulfide) groups is 1. The van der Waals surface area contributed by atoms with Crippen LogP contribution in [0.2, 0.25) is 0 Å². The molecule has 1 aliphatic rings. The zero-order valence-electron chi connectivity index (χ0n) is 14.5. The van der Waals surface area contributed by atoms with Crippen LogP contribution in [-0.2, 0) is 17.1 Å². The minimum Gasteiger partial charge on any atom is -0.341 e. The first kappa shape index (κ1) is 17.2. The maximum Gasteiger partial charge on any atom is 0.242 e. The molecule has 3 aromatic rings. The van der Waals surface area contributed by atoms with Crippen LogP contribution in [0, 0.1) is 5.82 Å². The second kappa shape index (κ2) is 7.54. The molecule has 0 atom stereocenters. The minimum atomic E-state index is -0.212. The van der Waals surface area contributed by atoms with E-state index in [1.54, 1.807) is 11.8 Å². The molecule has 0 radical (unpaired) electrons. The van der Waals surface area contributed by atoms with Crippen LogP contribution in [0.25, 0.3) is 10.9 Å². The predicted molar refractivity (Wildman–Crippen MR) is 104 cm³/mol. The van der Waals surface area contributed by atoms with Crippen molar-refractivity contribution in [1.29, 1.82) is 0 Å². The van der Waals surface area contributed by atoms with Gasteiger partial charge in [-0.25, -0.2) is 4.39 Å². The molecule has 1 fully saturated rings. The van der Waals surface area contributed by atoms with Crippen LogP contribution >= 0.6 is 11.8 Å². The number of nitrogens with zero attached hydrogens (tertiary/aromatic N) is 2. The van der Waals surface area contributed by atoms with Crippen molar-refractivity contribution in [3.8, 4) is 0 Å². The number of likely N-dealkylation sites (tertiary alicyclic amines) is 1. The maximum atomic E-state index is 13.1. The number of hydrogen-bond acceptors (Lipinski definition) is 2. The standard InChI is InChI=1S/C21H21FN2OS/c22-17-9-7-16(8-10-17)15-26-20-13-24(19-6-2-1-5-18(19)20)14-21(25)23-11-3-4-12-23/h1-2,5-10,13H,3-4,11-12,14-15H2. The molecule has 134 valence electrons. The molecule has 3 nitrogen and oxygen atoms in total. The molecule has 4 rings (SSSR count). The van der Waals surface area contributed by atoms with Crippen molar-refractivity contribution in [1.82, 2.24) is 9.47 Å². The summed E-state index contributed by atoms with van der Waals surface area (Å²) in [5.41, 5.74) is 2.17. The van der Waals surface area contributed by atoms with Crippen LogP contribution in [0.5, 0.6) is 0 Å². The Balaban J connectivity index is 1.55. The van der Waals surface area contributed by atoms with Crippen LogP contribution in [0.1, 0.15) is 18.4 Å². The highest BCUT2D eigenvalue weighted by Crippen LogP contribution is 2.32. The minimum absolute atomic E-state index is 0.193. The summed E-state index contributed by atoms with van der Waals surface area (Å²) < 4.78 is 15.1. The molecular weight excluding hydrogens is 347 g/mol. The molecule has 1 aromatic heterocycles. The molecule has 2 aromatic carbocycles. The van der Waals surface area contributed by atoms with E-state index in [0.29, 0.717) is 6.54 Å². The molecule has 1 amide bonds. The first-order valence-corrected chi connectivity index (χ1v) is 9.92. The smallest absolute Gasteiger partial charge is 0.242 e. The number of hydrogen-bond donors (Lipinski definition) is 0. The lowest BCUT2D eigenvalue weighted by Gasteiger charge is -2.15. The summed E-state index contributed by atoms with van der Waals surface area (Å²) in [6.45, 7) is 2.14. The fourth-order valence-electron chi connectivity index (χ4n) is 3.41. The van der Waals surface area contributed by atoms with Crippen molar-refractivity contribution >= 4 is 28.6 Å². The molecule has 5 heteroatoms. The molecule has 1 aliphatic heterocycles. The second-order valence-corrected chi connectivity index (χ2v) is 7.66. The summed E-state index contributed by atoms with van der Waals surface area (Å²) in [7, 11) is 0. The SMILES string of the molecule is O=C(Cn1cc(SCc2ccc(F)cc2)c2ccccc21)N1CCCC1. The van der Waals surface area contributed by atoms with E-state index in [9.17, 15) is 9.18 Å². The summed E-state index contributed by atoms with van der Waals surface area (Å²) in [5.74, 6) is 0.753. The van der Waals surface area contributed by atoms with Crippen molar-refractivity contribution in [3.05, 3.63) is 66.1 Å². The summed E-state index contributed by atoms with van der Waals surface area (Å²) in [6.07, 6.45) is 4.29. The van der Waals surface area contributed by atoms with Gasteiger partial charge in [-0.15, -0.1) is 11.8 Å². The molecule has 0 spiro atoms. The number of benzene rings is 2. The highest BCUT2D eigenvalue weighted by Gasteiger charge is 2.19. The van der Waals surface area contributed by atoms with Gasteiger partial charge in [0.15, 0.2) is 0 Å². The fourth-order valence-corrected chi connectivity index (χ4v) is 4.46. The van der Waals surface area contributed by atoms with E-state index in [2.05, 4.69) is 22.9 Å². The van der Waals surface area contributed by atoms with Gasteiger partial charge < -0.3 is 9.47 Å². The Morgan fingerprint density at radius 1 is 1.04 bits per heavy atom. The van der Waals surface area contributed by atoms with Crippen molar-refractivity contribution in [2.24, 2.45) is 0 Å². The normalized spacial score (nSPS) is 14.3. The number of aromatic nitrogens is 1. The molecule has 26 heavy (non-hydrogen) atoms. The zero-order valence-corrected chi connectivity index (χ0v) is 15.3. The highest BCUT2D eigenvalue weighted by molar-refractivity contribution is 7.98. The fraction of sp³-hybridized carbons (Fsp3) is 0.286. The van der Waals surface area contributed by atoms with Crippen LogP contribution in [0.4, 0.5) is 4.39 Å². The van der Waals surface area contributed by atoms with Gasteiger partial charge in [-0.05, 0) is 36.6 Å². The van der Waals surface area contributed by atoms with Crippen molar-refractivity contribution in [2.75, 3.05) is 13.1 Å². The van der Waals surface area contributed by atoms with Gasteiger partial charge in [0.05, 0.1) is 0 Å². The Morgan fingerprint density at radius 2 is 1.77 bits per heavy atom. The molecular formula is C21H21FN2OS. The summed E-state index contributed by atoms with van der Waals surface area (Å²) in [6, 6.07) is 14.8. The molecule has 0 bridgehead atoms. The van der Waals surface area contributed by atoms with Gasteiger partial charge in [0.2, 0.25) is 5.91 Å². The molecule has 2 heterocycles. The van der Waals surface area contributed by atoms with Crippen LogP contribution in [0.15, 0.2) is 59.6 Å². The monoisotopic (exact) mass is 368 g/mol. The average Bonchev–Trinajstić information content (AvgIpc) is 3.30. The Hall–Kier alpha value is -2.27. The van der Waals surface area contributed by atoms with Gasteiger partial charge in [0.1, 0.15) is 12.4 Å². The third-order valence-corrected chi connectivity index (χ3v) is 5.94. The van der Waals surface area contributed by atoms with Crippen LogP contribution < -0.4 is 0 Å². The van der Waals surface area contributed by atoms with Crippen LogP contribution in [0.3, 0.4) is 0 Å². The largest absolute Gasteiger partial charge is 0.341 e. The Labute approximate surface area is 156 Å². The number of amides is 1. The van der Waals surface area contributed by atoms with Crippen molar-refractivity contribution in [3.63, 3.8) is 0 Å². The number of fused-ring (bicyclic) bond motifs is 1. The molecule has 0 unspecified atom stereocenters. The van der Waals surface area contributed by atoms with E-state index in [-0.39, 0.29) is 11.7 Å². The Kier molecular flexibility index (Phi) is 4.98. The number of carbonyl (C=O) groups excluding carboxylic acids is 1. The van der Waals surface area contributed by atoms with Crippen molar-refractivity contribution < 1.29 is 9.18 Å². The lowest BCUT2D eigenvalue weighted by molar-refractivity contribution is -0.130. The lowest BCUT2D eigenvalue weighted by Crippen LogP contribution is -2.30. The maximum absolute atomic E-state index is 13.1. The first-order valence-electron chi connectivity index (χ1n) is 8.93. The van der Waals surface area contributed by atoms with Crippen molar-refractivity contribution in [2.45, 2.75) is 30.0 Å². The van der Waals surface area contributed by atoms with Gasteiger partial charge >= 0.3 is 0 Å². The van der Waals surface area contributed by atoms with Gasteiger partial charge in [0.25, 0.3) is 0 Å². The van der Waals surface area contributed by atoms with E-state index in [1.807, 2.05) is 29.2 Å². The van der Waals surface area contributed by atoms with Gasteiger partial charge in [-0.3, -0.25) is 4.79 Å². The molecule has 0 N–H and O–H groups in total. The third-order valence-electron chi connectivity index (χ3n) is 4.82. The summed E-state index contributed by atoms with van der Waals surface area (Å²) in [5, 5.41) is 1.16. The molecule has 1 saturated heterocycles. The zero-order chi connectivity index (χ0) is 17.9. The van der Waals surface area contributed by atoms with Crippen LogP contribution in [-0.4, -0.2) is 28.5 Å². The Bertz CT molecular complexity index is 913. The van der Waals surface area contributed by atoms with Gasteiger partial charge in [-0.2, -0.15) is 0 Å². The molecule has 0 aliphatic carbocycles. The number of para-hydroxylation sites is 1. The molecule has 0 saturated carbocycles. The number of rotatable bonds is 5. The van der Waals surface area contributed by atoms with E-state index in [1.165, 1.54) is 12.1 Å². The summed E-state index contributed by atoms with van der Waals surface area (Å²) >= 11 is 1.72. The Morgan fingerprint density at radius 3 is 2.54 bits per heavy atom. The second-order valence-electron chi connectivity index (χ2n) is 6.64.